The van der Waals surface area contributed by atoms with E-state index in [1.54, 1.807) is 30.8 Å². The molecule has 0 amide bonds. The smallest absolute Gasteiger partial charge is 0.140 e. The standard InChI is InChI=1S/C20H19N5OS/c1-13(18-11-27-14(2)24-18)25-7-6-23-20(25)15-4-5-19(26-3)17(8-15)16-9-21-12-22-10-16/h4-13H,1-3H3. The van der Waals surface area contributed by atoms with E-state index in [4.69, 9.17) is 4.74 Å². The molecule has 1 atom stereocenters. The molecule has 4 aromatic rings. The van der Waals surface area contributed by atoms with Crippen molar-refractivity contribution in [1.29, 1.82) is 0 Å². The summed E-state index contributed by atoms with van der Waals surface area (Å²) >= 11 is 1.66. The van der Waals surface area contributed by atoms with Crippen LogP contribution >= 0.6 is 11.3 Å². The highest BCUT2D eigenvalue weighted by atomic mass is 32.1. The molecule has 1 unspecified atom stereocenters. The fourth-order valence-corrected chi connectivity index (χ4v) is 3.77. The number of ether oxygens (including phenoxy) is 1. The van der Waals surface area contributed by atoms with Crippen molar-refractivity contribution in [2.45, 2.75) is 19.9 Å². The molecule has 0 saturated carbocycles. The van der Waals surface area contributed by atoms with Crippen LogP contribution in [0.4, 0.5) is 0 Å². The molecule has 0 aliphatic heterocycles. The van der Waals surface area contributed by atoms with Crippen LogP contribution in [-0.2, 0) is 0 Å². The second-order valence-electron chi connectivity index (χ2n) is 6.17. The van der Waals surface area contributed by atoms with Crippen molar-refractivity contribution in [3.8, 4) is 28.3 Å². The molecule has 3 heterocycles. The van der Waals surface area contributed by atoms with E-state index in [2.05, 4.69) is 42.9 Å². The maximum Gasteiger partial charge on any atom is 0.140 e. The lowest BCUT2D eigenvalue weighted by Gasteiger charge is -2.16. The Kier molecular flexibility index (Phi) is 4.68. The Morgan fingerprint density at radius 1 is 1.15 bits per heavy atom. The van der Waals surface area contributed by atoms with Gasteiger partial charge in [-0.15, -0.1) is 11.3 Å². The largest absolute Gasteiger partial charge is 0.496 e. The number of methoxy groups -OCH3 is 1. The average Bonchev–Trinajstić information content (AvgIpc) is 3.37. The third kappa shape index (κ3) is 3.33. The van der Waals surface area contributed by atoms with Gasteiger partial charge in [-0.3, -0.25) is 0 Å². The summed E-state index contributed by atoms with van der Waals surface area (Å²) in [6.07, 6.45) is 8.89. The van der Waals surface area contributed by atoms with Gasteiger partial charge in [0.15, 0.2) is 0 Å². The van der Waals surface area contributed by atoms with Crippen LogP contribution in [-0.4, -0.2) is 31.6 Å². The van der Waals surface area contributed by atoms with Crippen LogP contribution in [0, 0.1) is 6.92 Å². The Bertz CT molecular complexity index is 1060. The first-order valence-electron chi connectivity index (χ1n) is 8.56. The number of hydrogen-bond donors (Lipinski definition) is 0. The topological polar surface area (TPSA) is 65.7 Å². The lowest BCUT2D eigenvalue weighted by molar-refractivity contribution is 0.416. The van der Waals surface area contributed by atoms with E-state index in [9.17, 15) is 0 Å². The van der Waals surface area contributed by atoms with Crippen molar-refractivity contribution >= 4 is 11.3 Å². The number of thiazole rings is 1. The van der Waals surface area contributed by atoms with E-state index in [1.165, 1.54) is 6.33 Å². The van der Waals surface area contributed by atoms with Crippen molar-refractivity contribution < 1.29 is 4.74 Å². The summed E-state index contributed by atoms with van der Waals surface area (Å²) in [4.78, 5) is 17.5. The second kappa shape index (κ2) is 7.28. The molecule has 0 saturated heterocycles. The molecule has 0 radical (unpaired) electrons. The average molecular weight is 377 g/mol. The van der Waals surface area contributed by atoms with E-state index in [0.29, 0.717) is 0 Å². The zero-order chi connectivity index (χ0) is 18.8. The van der Waals surface area contributed by atoms with Gasteiger partial charge < -0.3 is 9.30 Å². The quantitative estimate of drug-likeness (QED) is 0.516. The van der Waals surface area contributed by atoms with Gasteiger partial charge in [0.25, 0.3) is 0 Å². The lowest BCUT2D eigenvalue weighted by atomic mass is 10.0. The zero-order valence-electron chi connectivity index (χ0n) is 15.3. The minimum absolute atomic E-state index is 0.0954. The molecule has 0 spiro atoms. The van der Waals surface area contributed by atoms with Crippen molar-refractivity contribution in [3.05, 3.63) is 65.4 Å². The molecule has 0 N–H and O–H groups in total. The summed E-state index contributed by atoms with van der Waals surface area (Å²) in [5.74, 6) is 1.66. The third-order valence-corrected chi connectivity index (χ3v) is 5.27. The van der Waals surface area contributed by atoms with E-state index in [0.717, 1.165) is 39.0 Å². The number of imidazole rings is 1. The Hall–Kier alpha value is -3.06. The SMILES string of the molecule is COc1ccc(-c2nccn2C(C)c2csc(C)n2)cc1-c1cncnc1. The number of hydrogen-bond acceptors (Lipinski definition) is 6. The zero-order valence-corrected chi connectivity index (χ0v) is 16.1. The molecule has 1 aromatic carbocycles. The van der Waals surface area contributed by atoms with E-state index in [-0.39, 0.29) is 6.04 Å². The molecule has 136 valence electrons. The summed E-state index contributed by atoms with van der Waals surface area (Å²) in [7, 11) is 1.66. The van der Waals surface area contributed by atoms with Gasteiger partial charge in [0.1, 0.15) is 17.9 Å². The van der Waals surface area contributed by atoms with Gasteiger partial charge in [-0.25, -0.2) is 19.9 Å². The summed E-state index contributed by atoms with van der Waals surface area (Å²) in [6, 6.07) is 6.13. The maximum absolute atomic E-state index is 5.53. The number of aromatic nitrogens is 5. The minimum Gasteiger partial charge on any atom is -0.496 e. The Labute approximate surface area is 161 Å². The molecule has 0 fully saturated rings. The fraction of sp³-hybridized carbons (Fsp3) is 0.200. The van der Waals surface area contributed by atoms with Crippen LogP contribution in [0.1, 0.15) is 23.7 Å². The number of benzene rings is 1. The highest BCUT2D eigenvalue weighted by Gasteiger charge is 2.17. The fourth-order valence-electron chi connectivity index (χ4n) is 3.07. The van der Waals surface area contributed by atoms with Crippen molar-refractivity contribution in [2.75, 3.05) is 7.11 Å². The first kappa shape index (κ1) is 17.4. The van der Waals surface area contributed by atoms with Crippen LogP contribution in [0.2, 0.25) is 0 Å². The number of rotatable bonds is 5. The minimum atomic E-state index is 0.0954. The molecular weight excluding hydrogens is 358 g/mol. The van der Waals surface area contributed by atoms with Gasteiger partial charge in [-0.2, -0.15) is 0 Å². The van der Waals surface area contributed by atoms with Crippen LogP contribution in [0.25, 0.3) is 22.5 Å². The highest BCUT2D eigenvalue weighted by Crippen LogP contribution is 2.34. The number of nitrogens with zero attached hydrogens (tertiary/aromatic N) is 5. The van der Waals surface area contributed by atoms with Crippen LogP contribution in [0.15, 0.2) is 54.7 Å². The van der Waals surface area contributed by atoms with Gasteiger partial charge in [0.05, 0.1) is 23.9 Å². The van der Waals surface area contributed by atoms with Gasteiger partial charge in [-0.05, 0) is 32.0 Å². The second-order valence-corrected chi connectivity index (χ2v) is 7.23. The molecule has 6 nitrogen and oxygen atoms in total. The van der Waals surface area contributed by atoms with Crippen molar-refractivity contribution in [3.63, 3.8) is 0 Å². The van der Waals surface area contributed by atoms with E-state index >= 15 is 0 Å². The van der Waals surface area contributed by atoms with Crippen molar-refractivity contribution in [2.24, 2.45) is 0 Å². The van der Waals surface area contributed by atoms with E-state index in [1.807, 2.05) is 31.5 Å². The Morgan fingerprint density at radius 3 is 2.67 bits per heavy atom. The van der Waals surface area contributed by atoms with Crippen molar-refractivity contribution in [1.82, 2.24) is 24.5 Å². The summed E-state index contributed by atoms with van der Waals surface area (Å²) in [5.41, 5.74) is 3.88. The first-order chi connectivity index (χ1) is 13.2. The molecular formula is C20H19N5OS. The normalized spacial score (nSPS) is 12.1. The van der Waals surface area contributed by atoms with Crippen LogP contribution in [0.3, 0.4) is 0 Å². The molecule has 4 rings (SSSR count). The van der Waals surface area contributed by atoms with Gasteiger partial charge in [0.2, 0.25) is 0 Å². The van der Waals surface area contributed by atoms with Gasteiger partial charge in [0, 0.05) is 46.9 Å². The summed E-state index contributed by atoms with van der Waals surface area (Å²) < 4.78 is 7.67. The summed E-state index contributed by atoms with van der Waals surface area (Å²) in [5, 5.41) is 3.17. The van der Waals surface area contributed by atoms with Gasteiger partial charge in [-0.1, -0.05) is 0 Å². The molecule has 27 heavy (non-hydrogen) atoms. The highest BCUT2D eigenvalue weighted by molar-refractivity contribution is 7.09. The van der Waals surface area contributed by atoms with Gasteiger partial charge >= 0.3 is 0 Å². The molecule has 0 aliphatic carbocycles. The monoisotopic (exact) mass is 377 g/mol. The third-order valence-electron chi connectivity index (χ3n) is 4.48. The Morgan fingerprint density at radius 2 is 1.96 bits per heavy atom. The molecule has 3 aromatic heterocycles. The van der Waals surface area contributed by atoms with E-state index < -0.39 is 0 Å². The van der Waals surface area contributed by atoms with Crippen LogP contribution in [0.5, 0.6) is 5.75 Å². The molecule has 0 aliphatic rings. The lowest BCUT2D eigenvalue weighted by Crippen LogP contribution is -2.08. The predicted molar refractivity (Wildman–Crippen MR) is 106 cm³/mol. The Balaban J connectivity index is 1.78. The summed E-state index contributed by atoms with van der Waals surface area (Å²) in [6.45, 7) is 4.16. The maximum atomic E-state index is 5.53. The molecule has 7 heteroatoms. The first-order valence-corrected chi connectivity index (χ1v) is 9.44. The number of aryl methyl sites for hydroxylation is 1. The molecule has 0 bridgehead atoms. The van der Waals surface area contributed by atoms with Crippen LogP contribution < -0.4 is 4.74 Å². The predicted octanol–water partition coefficient (Wildman–Crippen LogP) is 4.39.